The predicted octanol–water partition coefficient (Wildman–Crippen LogP) is 1.62. The van der Waals surface area contributed by atoms with Gasteiger partial charge in [0.1, 0.15) is 5.78 Å². The molecule has 0 aliphatic carbocycles. The highest BCUT2D eigenvalue weighted by Gasteiger charge is 2.09. The van der Waals surface area contributed by atoms with Gasteiger partial charge in [0.2, 0.25) is 0 Å². The summed E-state index contributed by atoms with van der Waals surface area (Å²) in [5.74, 6) is 0.876. The lowest BCUT2D eigenvalue weighted by Gasteiger charge is -2.11. The van der Waals surface area contributed by atoms with Crippen molar-refractivity contribution in [1.29, 1.82) is 0 Å². The molecule has 1 N–H and O–H groups in total. The van der Waals surface area contributed by atoms with Crippen molar-refractivity contribution >= 4 is 5.78 Å². The summed E-state index contributed by atoms with van der Waals surface area (Å²) in [4.78, 5) is 11.4. The van der Waals surface area contributed by atoms with Crippen molar-refractivity contribution < 1.29 is 9.53 Å². The van der Waals surface area contributed by atoms with Crippen LogP contribution in [0.5, 0.6) is 0 Å². The quantitative estimate of drug-likeness (QED) is 0.576. The molecule has 0 atom stereocenters. The molecule has 0 saturated carbocycles. The Bertz CT molecular complexity index is 144. The number of nitrogens with one attached hydrogen (secondary N) is 1. The van der Waals surface area contributed by atoms with Crippen LogP contribution in [0, 0.1) is 5.92 Å². The normalized spacial score (nSPS) is 10.9. The number of hydrogen-bond donors (Lipinski definition) is 1. The number of methoxy groups -OCH3 is 1. The highest BCUT2D eigenvalue weighted by Crippen LogP contribution is 2.12. The van der Waals surface area contributed by atoms with E-state index in [9.17, 15) is 4.79 Å². The summed E-state index contributed by atoms with van der Waals surface area (Å²) >= 11 is 0. The Labute approximate surface area is 87.2 Å². The van der Waals surface area contributed by atoms with Crippen molar-refractivity contribution in [2.75, 3.05) is 26.8 Å². The second-order valence-electron chi connectivity index (χ2n) is 3.59. The molecule has 0 aromatic carbocycles. The Hall–Kier alpha value is -0.410. The second-order valence-corrected chi connectivity index (χ2v) is 3.59. The zero-order chi connectivity index (χ0) is 10.8. The molecule has 84 valence electrons. The minimum absolute atomic E-state index is 0.315. The molecule has 14 heavy (non-hydrogen) atoms. The first-order valence-corrected chi connectivity index (χ1v) is 5.45. The summed E-state index contributed by atoms with van der Waals surface area (Å²) in [6.07, 6.45) is 2.91. The van der Waals surface area contributed by atoms with E-state index in [4.69, 9.17) is 4.74 Å². The third-order valence-corrected chi connectivity index (χ3v) is 2.48. The molecule has 0 radical (unpaired) electrons. The molecule has 0 heterocycles. The second kappa shape index (κ2) is 9.16. The minimum Gasteiger partial charge on any atom is -0.383 e. The van der Waals surface area contributed by atoms with E-state index in [1.807, 2.05) is 0 Å². The number of ether oxygens (including phenoxy) is 1. The Morgan fingerprint density at radius 1 is 1.36 bits per heavy atom. The maximum absolute atomic E-state index is 11.4. The molecule has 3 nitrogen and oxygen atoms in total. The van der Waals surface area contributed by atoms with E-state index in [0.29, 0.717) is 31.3 Å². The van der Waals surface area contributed by atoms with Gasteiger partial charge in [0, 0.05) is 20.1 Å². The fourth-order valence-corrected chi connectivity index (χ4v) is 1.37. The molecule has 0 spiro atoms. The van der Waals surface area contributed by atoms with Crippen molar-refractivity contribution in [3.8, 4) is 0 Å². The number of rotatable bonds is 9. The Kier molecular flexibility index (Phi) is 8.89. The molecule has 0 saturated heterocycles. The Morgan fingerprint density at radius 3 is 2.50 bits per heavy atom. The number of ketones is 1. The summed E-state index contributed by atoms with van der Waals surface area (Å²) in [6, 6.07) is 0. The molecule has 0 amide bonds. The lowest BCUT2D eigenvalue weighted by atomic mass is 9.97. The average molecular weight is 201 g/mol. The van der Waals surface area contributed by atoms with E-state index < -0.39 is 0 Å². The highest BCUT2D eigenvalue weighted by molar-refractivity contribution is 5.80. The summed E-state index contributed by atoms with van der Waals surface area (Å²) in [7, 11) is 1.66. The van der Waals surface area contributed by atoms with Crippen LogP contribution in [0.25, 0.3) is 0 Å². The standard InChI is InChI=1S/C11H23NO2/c1-4-10(5-2)8-11(13)9-12-6-7-14-3/h10,12H,4-9H2,1-3H3. The lowest BCUT2D eigenvalue weighted by Crippen LogP contribution is -2.27. The molecule has 0 fully saturated rings. The molecular weight excluding hydrogens is 178 g/mol. The van der Waals surface area contributed by atoms with Crippen LogP contribution in [0.2, 0.25) is 0 Å². The van der Waals surface area contributed by atoms with Gasteiger partial charge in [-0.2, -0.15) is 0 Å². The van der Waals surface area contributed by atoms with Crippen LogP contribution in [0.1, 0.15) is 33.1 Å². The van der Waals surface area contributed by atoms with Crippen LogP contribution in [-0.2, 0) is 9.53 Å². The first-order valence-electron chi connectivity index (χ1n) is 5.45. The maximum Gasteiger partial charge on any atom is 0.146 e. The molecular formula is C11H23NO2. The monoisotopic (exact) mass is 201 g/mol. The third-order valence-electron chi connectivity index (χ3n) is 2.48. The fourth-order valence-electron chi connectivity index (χ4n) is 1.37. The molecule has 0 aromatic heterocycles. The van der Waals surface area contributed by atoms with Gasteiger partial charge in [-0.25, -0.2) is 0 Å². The van der Waals surface area contributed by atoms with E-state index >= 15 is 0 Å². The van der Waals surface area contributed by atoms with Crippen LogP contribution in [-0.4, -0.2) is 32.6 Å². The van der Waals surface area contributed by atoms with Crippen LogP contribution in [0.15, 0.2) is 0 Å². The summed E-state index contributed by atoms with van der Waals surface area (Å²) in [5, 5.41) is 3.07. The zero-order valence-corrected chi connectivity index (χ0v) is 9.64. The van der Waals surface area contributed by atoms with Crippen molar-refractivity contribution in [1.82, 2.24) is 5.32 Å². The topological polar surface area (TPSA) is 38.3 Å². The van der Waals surface area contributed by atoms with Gasteiger partial charge in [0.05, 0.1) is 13.2 Å². The SMILES string of the molecule is CCC(CC)CC(=O)CNCCOC. The lowest BCUT2D eigenvalue weighted by molar-refractivity contribution is -0.119. The van der Waals surface area contributed by atoms with Crippen LogP contribution < -0.4 is 5.32 Å². The molecule has 0 unspecified atom stereocenters. The van der Waals surface area contributed by atoms with Crippen LogP contribution >= 0.6 is 0 Å². The van der Waals surface area contributed by atoms with Gasteiger partial charge < -0.3 is 10.1 Å². The molecule has 0 rings (SSSR count). The van der Waals surface area contributed by atoms with Gasteiger partial charge in [-0.1, -0.05) is 26.7 Å². The van der Waals surface area contributed by atoms with Gasteiger partial charge in [-0.3, -0.25) is 4.79 Å². The van der Waals surface area contributed by atoms with Crippen LogP contribution in [0.4, 0.5) is 0 Å². The third kappa shape index (κ3) is 7.04. The Balaban J connectivity index is 3.44. The molecule has 0 aliphatic heterocycles. The zero-order valence-electron chi connectivity index (χ0n) is 9.64. The van der Waals surface area contributed by atoms with E-state index in [0.717, 1.165) is 19.4 Å². The van der Waals surface area contributed by atoms with Gasteiger partial charge >= 0.3 is 0 Å². The van der Waals surface area contributed by atoms with Gasteiger partial charge in [-0.05, 0) is 5.92 Å². The van der Waals surface area contributed by atoms with E-state index in [-0.39, 0.29) is 0 Å². The molecule has 3 heteroatoms. The largest absolute Gasteiger partial charge is 0.383 e. The number of carbonyl (C=O) groups is 1. The smallest absolute Gasteiger partial charge is 0.146 e. The Morgan fingerprint density at radius 2 is 2.00 bits per heavy atom. The van der Waals surface area contributed by atoms with E-state index in [1.54, 1.807) is 7.11 Å². The maximum atomic E-state index is 11.4. The first-order chi connectivity index (χ1) is 6.74. The number of hydrogen-bond acceptors (Lipinski definition) is 3. The number of Topliss-reactive ketones (excluding diaryl/α,β-unsaturated/α-hetero) is 1. The van der Waals surface area contributed by atoms with Crippen molar-refractivity contribution in [2.24, 2.45) is 5.92 Å². The van der Waals surface area contributed by atoms with Crippen molar-refractivity contribution in [2.45, 2.75) is 33.1 Å². The average Bonchev–Trinajstić information content (AvgIpc) is 2.21. The van der Waals surface area contributed by atoms with Gasteiger partial charge in [-0.15, -0.1) is 0 Å². The highest BCUT2D eigenvalue weighted by atomic mass is 16.5. The van der Waals surface area contributed by atoms with E-state index in [1.165, 1.54) is 0 Å². The first kappa shape index (κ1) is 13.6. The van der Waals surface area contributed by atoms with Crippen molar-refractivity contribution in [3.63, 3.8) is 0 Å². The summed E-state index contributed by atoms with van der Waals surface area (Å²) < 4.78 is 4.87. The van der Waals surface area contributed by atoms with Gasteiger partial charge in [0.15, 0.2) is 0 Å². The fraction of sp³-hybridized carbons (Fsp3) is 0.909. The molecule has 0 aromatic rings. The van der Waals surface area contributed by atoms with Crippen LogP contribution in [0.3, 0.4) is 0 Å². The van der Waals surface area contributed by atoms with E-state index in [2.05, 4.69) is 19.2 Å². The minimum atomic E-state index is 0.315. The predicted molar refractivity (Wildman–Crippen MR) is 58.4 cm³/mol. The number of carbonyl (C=O) groups excluding carboxylic acids is 1. The molecule has 0 aliphatic rings. The van der Waals surface area contributed by atoms with Gasteiger partial charge in [0.25, 0.3) is 0 Å². The summed E-state index contributed by atoms with van der Waals surface area (Å²) in [6.45, 7) is 6.18. The molecule has 0 bridgehead atoms. The van der Waals surface area contributed by atoms with Crippen molar-refractivity contribution in [3.05, 3.63) is 0 Å². The summed E-state index contributed by atoms with van der Waals surface area (Å²) in [5.41, 5.74) is 0.